The van der Waals surface area contributed by atoms with Crippen molar-refractivity contribution in [2.45, 2.75) is 32.9 Å². The number of Topliss-reactive ketones (excluding diaryl/α,β-unsaturated/α-hetero) is 1. The molecule has 0 aliphatic carbocycles. The minimum atomic E-state index is -1.18. The summed E-state index contributed by atoms with van der Waals surface area (Å²) in [5, 5.41) is 11.1. The number of furan rings is 1. The lowest BCUT2D eigenvalue weighted by molar-refractivity contribution is -0.132. The van der Waals surface area contributed by atoms with Crippen molar-refractivity contribution in [1.29, 1.82) is 0 Å². The number of anilines is 1. The van der Waals surface area contributed by atoms with Crippen LogP contribution in [0.25, 0.3) is 5.76 Å². The van der Waals surface area contributed by atoms with Crippen molar-refractivity contribution in [3.05, 3.63) is 88.9 Å². The first-order valence-electron chi connectivity index (χ1n) is 10.3. The smallest absolute Gasteiger partial charge is 0.300 e. The van der Waals surface area contributed by atoms with Crippen LogP contribution in [-0.2, 0) is 9.59 Å². The van der Waals surface area contributed by atoms with Crippen LogP contribution in [-0.4, -0.2) is 22.9 Å². The highest BCUT2D eigenvalue weighted by atomic mass is 19.2. The Balaban J connectivity index is 1.90. The molecule has 1 aliphatic rings. The number of ether oxygens (including phenoxy) is 1. The second-order valence-corrected chi connectivity index (χ2v) is 7.91. The molecule has 0 saturated carbocycles. The maximum atomic E-state index is 14.0. The first-order chi connectivity index (χ1) is 15.7. The van der Waals surface area contributed by atoms with E-state index in [9.17, 15) is 23.5 Å². The third-order valence-electron chi connectivity index (χ3n) is 5.14. The summed E-state index contributed by atoms with van der Waals surface area (Å²) in [5.74, 6) is -3.53. The van der Waals surface area contributed by atoms with Crippen molar-refractivity contribution in [2.75, 3.05) is 4.90 Å². The first kappa shape index (κ1) is 22.3. The molecule has 1 saturated heterocycles. The molecule has 1 N–H and O–H groups in total. The monoisotopic (exact) mass is 453 g/mol. The Morgan fingerprint density at radius 2 is 1.82 bits per heavy atom. The fraction of sp³-hybridized carbons (Fsp3) is 0.200. The van der Waals surface area contributed by atoms with Gasteiger partial charge in [0.25, 0.3) is 11.7 Å². The predicted molar refractivity (Wildman–Crippen MR) is 117 cm³/mol. The van der Waals surface area contributed by atoms with Crippen LogP contribution >= 0.6 is 0 Å². The molecule has 1 aliphatic heterocycles. The van der Waals surface area contributed by atoms with Crippen molar-refractivity contribution < 1.29 is 32.6 Å². The quantitative estimate of drug-likeness (QED) is 0.323. The van der Waals surface area contributed by atoms with E-state index in [4.69, 9.17) is 9.15 Å². The molecule has 2 heterocycles. The van der Waals surface area contributed by atoms with Crippen LogP contribution in [0.4, 0.5) is 14.5 Å². The van der Waals surface area contributed by atoms with Gasteiger partial charge in [0.05, 0.1) is 11.7 Å². The topological polar surface area (TPSA) is 80.0 Å². The molecule has 0 radical (unpaired) electrons. The SMILES string of the molecule is Cc1ccc(C2/C(=C(/O)c3cccc(OC(C)C)c3)C(=O)C(=O)N2c2ccc(F)c(F)c2)o1. The number of rotatable bonds is 5. The number of amides is 1. The Bertz CT molecular complexity index is 1280. The number of carbonyl (C=O) groups excluding carboxylic acids is 2. The Labute approximate surface area is 188 Å². The molecule has 2 aromatic carbocycles. The molecular formula is C25H21F2NO5. The molecule has 1 unspecified atom stereocenters. The van der Waals surface area contributed by atoms with Gasteiger partial charge in [0, 0.05) is 17.3 Å². The summed E-state index contributed by atoms with van der Waals surface area (Å²) in [7, 11) is 0. The van der Waals surface area contributed by atoms with Gasteiger partial charge in [-0.1, -0.05) is 12.1 Å². The zero-order valence-corrected chi connectivity index (χ0v) is 18.1. The molecule has 1 atom stereocenters. The number of aliphatic hydroxyl groups is 1. The summed E-state index contributed by atoms with van der Waals surface area (Å²) in [6.07, 6.45) is -0.118. The second-order valence-electron chi connectivity index (χ2n) is 7.91. The van der Waals surface area contributed by atoms with E-state index < -0.39 is 35.1 Å². The zero-order valence-electron chi connectivity index (χ0n) is 18.1. The summed E-state index contributed by atoms with van der Waals surface area (Å²) >= 11 is 0. The zero-order chi connectivity index (χ0) is 23.9. The summed E-state index contributed by atoms with van der Waals surface area (Å²) in [5.41, 5.74) is -0.0310. The number of ketones is 1. The number of aliphatic hydroxyl groups excluding tert-OH is 1. The Kier molecular flexibility index (Phi) is 5.76. The Hall–Kier alpha value is -3.94. The van der Waals surface area contributed by atoms with E-state index in [0.717, 1.165) is 17.0 Å². The molecule has 4 rings (SSSR count). The minimum Gasteiger partial charge on any atom is -0.507 e. The number of benzene rings is 2. The highest BCUT2D eigenvalue weighted by Gasteiger charge is 2.48. The lowest BCUT2D eigenvalue weighted by Crippen LogP contribution is -2.29. The van der Waals surface area contributed by atoms with Crippen molar-refractivity contribution in [3.8, 4) is 5.75 Å². The summed E-state index contributed by atoms with van der Waals surface area (Å²) in [4.78, 5) is 27.0. The summed E-state index contributed by atoms with van der Waals surface area (Å²) in [6.45, 7) is 5.37. The van der Waals surface area contributed by atoms with Gasteiger partial charge in [-0.15, -0.1) is 0 Å². The summed E-state index contributed by atoms with van der Waals surface area (Å²) < 4.78 is 38.8. The van der Waals surface area contributed by atoms with Crippen LogP contribution in [0.1, 0.15) is 37.0 Å². The predicted octanol–water partition coefficient (Wildman–Crippen LogP) is 5.28. The lowest BCUT2D eigenvalue weighted by Gasteiger charge is -2.23. The van der Waals surface area contributed by atoms with E-state index in [1.165, 1.54) is 6.07 Å². The van der Waals surface area contributed by atoms with Gasteiger partial charge in [-0.25, -0.2) is 8.78 Å². The van der Waals surface area contributed by atoms with Crippen LogP contribution in [0.2, 0.25) is 0 Å². The number of halogens is 2. The van der Waals surface area contributed by atoms with E-state index in [-0.39, 0.29) is 28.7 Å². The largest absolute Gasteiger partial charge is 0.507 e. The number of hydrogen-bond donors (Lipinski definition) is 1. The third kappa shape index (κ3) is 4.11. The van der Waals surface area contributed by atoms with Gasteiger partial charge < -0.3 is 14.3 Å². The second kappa shape index (κ2) is 8.54. The molecule has 0 bridgehead atoms. The van der Waals surface area contributed by atoms with Crippen molar-refractivity contribution in [3.63, 3.8) is 0 Å². The molecule has 8 heteroatoms. The molecule has 170 valence electrons. The highest BCUT2D eigenvalue weighted by molar-refractivity contribution is 6.51. The normalized spacial score (nSPS) is 17.8. The average molecular weight is 453 g/mol. The maximum Gasteiger partial charge on any atom is 0.300 e. The maximum absolute atomic E-state index is 14.0. The van der Waals surface area contributed by atoms with Gasteiger partial charge >= 0.3 is 0 Å². The van der Waals surface area contributed by atoms with Crippen molar-refractivity contribution in [2.24, 2.45) is 0 Å². The number of aryl methyl sites for hydroxylation is 1. The Morgan fingerprint density at radius 3 is 2.45 bits per heavy atom. The van der Waals surface area contributed by atoms with Crippen LogP contribution in [0, 0.1) is 18.6 Å². The molecule has 1 aromatic heterocycles. The third-order valence-corrected chi connectivity index (χ3v) is 5.14. The van der Waals surface area contributed by atoms with E-state index in [1.54, 1.807) is 43.3 Å². The molecule has 1 fully saturated rings. The van der Waals surface area contributed by atoms with Gasteiger partial charge in [-0.2, -0.15) is 0 Å². The van der Waals surface area contributed by atoms with Gasteiger partial charge in [0.15, 0.2) is 11.6 Å². The summed E-state index contributed by atoms with van der Waals surface area (Å²) in [6, 6.07) is 11.3. The number of hydrogen-bond acceptors (Lipinski definition) is 5. The molecule has 1 amide bonds. The fourth-order valence-corrected chi connectivity index (χ4v) is 3.75. The van der Waals surface area contributed by atoms with Crippen LogP contribution in [0.3, 0.4) is 0 Å². The molecular weight excluding hydrogens is 432 g/mol. The molecule has 33 heavy (non-hydrogen) atoms. The first-order valence-corrected chi connectivity index (χ1v) is 10.3. The van der Waals surface area contributed by atoms with E-state index in [0.29, 0.717) is 11.5 Å². The molecule has 3 aromatic rings. The number of nitrogens with zero attached hydrogens (tertiary/aromatic N) is 1. The average Bonchev–Trinajstić information content (AvgIpc) is 3.30. The van der Waals surface area contributed by atoms with E-state index in [2.05, 4.69) is 0 Å². The molecule has 0 spiro atoms. The van der Waals surface area contributed by atoms with Crippen molar-refractivity contribution in [1.82, 2.24) is 0 Å². The minimum absolute atomic E-state index is 0.0500. The van der Waals surface area contributed by atoms with Gasteiger partial charge in [-0.3, -0.25) is 14.5 Å². The van der Waals surface area contributed by atoms with E-state index in [1.807, 2.05) is 13.8 Å². The van der Waals surface area contributed by atoms with Gasteiger partial charge in [0.2, 0.25) is 0 Å². The van der Waals surface area contributed by atoms with Gasteiger partial charge in [-0.05, 0) is 57.2 Å². The Morgan fingerprint density at radius 1 is 1.06 bits per heavy atom. The van der Waals surface area contributed by atoms with E-state index >= 15 is 0 Å². The van der Waals surface area contributed by atoms with Crippen LogP contribution in [0.5, 0.6) is 5.75 Å². The highest BCUT2D eigenvalue weighted by Crippen LogP contribution is 2.43. The standard InChI is InChI=1S/C25H21F2NO5/c1-13(2)32-17-6-4-5-15(11-17)23(29)21-22(20-10-7-14(3)33-20)28(25(31)24(21)30)16-8-9-18(26)19(27)12-16/h4-13,22,29H,1-3H3/b23-21-. The number of carbonyl (C=O) groups is 2. The van der Waals surface area contributed by atoms with Crippen molar-refractivity contribution >= 4 is 23.1 Å². The lowest BCUT2D eigenvalue weighted by atomic mass is 9.99. The van der Waals surface area contributed by atoms with Crippen LogP contribution < -0.4 is 9.64 Å². The fourth-order valence-electron chi connectivity index (χ4n) is 3.75. The van der Waals surface area contributed by atoms with Crippen LogP contribution in [0.15, 0.2) is 64.6 Å². The van der Waals surface area contributed by atoms with Gasteiger partial charge in [0.1, 0.15) is 29.1 Å². The molecule has 6 nitrogen and oxygen atoms in total.